The summed E-state index contributed by atoms with van der Waals surface area (Å²) < 4.78 is 13.1. The van der Waals surface area contributed by atoms with E-state index < -0.39 is 10.8 Å². The van der Waals surface area contributed by atoms with Crippen LogP contribution in [0.1, 0.15) is 5.56 Å². The summed E-state index contributed by atoms with van der Waals surface area (Å²) in [6.07, 6.45) is 4.25. The number of aromatic nitrogens is 1. The van der Waals surface area contributed by atoms with Gasteiger partial charge in [-0.2, -0.15) is 0 Å². The zero-order chi connectivity index (χ0) is 13.0. The van der Waals surface area contributed by atoms with Gasteiger partial charge in [-0.3, -0.25) is 9.19 Å². The first kappa shape index (κ1) is 13.2. The van der Waals surface area contributed by atoms with Crippen molar-refractivity contribution in [1.82, 2.24) is 4.98 Å². The summed E-state index contributed by atoms with van der Waals surface area (Å²) >= 11 is 3.36. The Bertz CT molecular complexity index is 560. The number of hydrogen-bond acceptors (Lipinski definition) is 3. The van der Waals surface area contributed by atoms with Gasteiger partial charge in [0.15, 0.2) is 0 Å². The second-order valence-electron chi connectivity index (χ2n) is 3.84. The van der Waals surface area contributed by atoms with E-state index in [0.717, 1.165) is 16.5 Å². The van der Waals surface area contributed by atoms with Crippen molar-refractivity contribution >= 4 is 32.4 Å². The quantitative estimate of drug-likeness (QED) is 0.880. The third-order valence-electron chi connectivity index (χ3n) is 2.52. The number of halogens is 1. The highest BCUT2D eigenvalue weighted by Gasteiger charge is 2.08. The van der Waals surface area contributed by atoms with Gasteiger partial charge in [-0.05, 0) is 36.2 Å². The molecule has 0 aliphatic rings. The molecule has 1 unspecified atom stereocenters. The molecule has 3 nitrogen and oxygen atoms in total. The number of pyridine rings is 1. The molecule has 0 amide bonds. The number of benzene rings is 1. The molecule has 0 aliphatic heterocycles. The lowest BCUT2D eigenvalue weighted by Gasteiger charge is -2.06. The summed E-state index contributed by atoms with van der Waals surface area (Å²) in [7, 11) is -1.09. The van der Waals surface area contributed by atoms with Crippen molar-refractivity contribution in [1.29, 1.82) is 0 Å². The number of nitrogens with zero attached hydrogens (tertiary/aromatic N) is 1. The van der Waals surface area contributed by atoms with Gasteiger partial charge in [0.1, 0.15) is 0 Å². The van der Waals surface area contributed by atoms with E-state index in [1.54, 1.807) is 18.5 Å². The number of nitrogens with two attached hydrogens (primary N) is 1. The minimum Gasteiger partial charge on any atom is -0.398 e. The molecule has 2 N–H and O–H groups in total. The molecule has 2 rings (SSSR count). The van der Waals surface area contributed by atoms with E-state index in [1.165, 1.54) is 0 Å². The van der Waals surface area contributed by atoms with Crippen LogP contribution in [0.5, 0.6) is 0 Å². The molecule has 18 heavy (non-hydrogen) atoms. The van der Waals surface area contributed by atoms with Crippen LogP contribution in [-0.4, -0.2) is 14.9 Å². The van der Waals surface area contributed by atoms with Gasteiger partial charge in [0, 0.05) is 28.3 Å². The zero-order valence-electron chi connectivity index (χ0n) is 9.67. The molecule has 0 spiro atoms. The predicted octanol–water partition coefficient (Wildman–Crippen LogP) is 2.78. The van der Waals surface area contributed by atoms with Crippen molar-refractivity contribution in [3.63, 3.8) is 0 Å². The average Bonchev–Trinajstić information content (AvgIpc) is 2.40. The van der Waals surface area contributed by atoms with E-state index in [2.05, 4.69) is 20.9 Å². The monoisotopic (exact) mass is 324 g/mol. The summed E-state index contributed by atoms with van der Waals surface area (Å²) in [5, 5.41) is 0. The maximum Gasteiger partial charge on any atom is 0.0628 e. The predicted molar refractivity (Wildman–Crippen MR) is 77.8 cm³/mol. The van der Waals surface area contributed by atoms with E-state index in [1.807, 2.05) is 24.3 Å². The SMILES string of the molecule is Nc1ccc(Br)cc1S(=O)CCc1cccnc1. The van der Waals surface area contributed by atoms with E-state index >= 15 is 0 Å². The van der Waals surface area contributed by atoms with E-state index in [-0.39, 0.29) is 0 Å². The highest BCUT2D eigenvalue weighted by molar-refractivity contribution is 9.10. The van der Waals surface area contributed by atoms with Gasteiger partial charge in [0.25, 0.3) is 0 Å². The Balaban J connectivity index is 2.06. The molecule has 1 heterocycles. The maximum absolute atomic E-state index is 12.2. The number of nitrogen functional groups attached to an aromatic ring is 1. The zero-order valence-corrected chi connectivity index (χ0v) is 12.1. The van der Waals surface area contributed by atoms with Gasteiger partial charge in [-0.25, -0.2) is 0 Å². The van der Waals surface area contributed by atoms with Crippen LogP contribution in [0, 0.1) is 0 Å². The molecule has 0 saturated carbocycles. The maximum atomic E-state index is 12.2. The second kappa shape index (κ2) is 6.11. The van der Waals surface area contributed by atoms with Crippen molar-refractivity contribution in [3.05, 3.63) is 52.8 Å². The molecule has 1 aromatic heterocycles. The molecule has 5 heteroatoms. The largest absolute Gasteiger partial charge is 0.398 e. The van der Waals surface area contributed by atoms with Crippen LogP contribution >= 0.6 is 15.9 Å². The average molecular weight is 325 g/mol. The van der Waals surface area contributed by atoms with Crippen LogP contribution in [0.2, 0.25) is 0 Å². The summed E-state index contributed by atoms with van der Waals surface area (Å²) in [5.74, 6) is 0.548. The normalized spacial score (nSPS) is 12.3. The standard InChI is InChI=1S/C13H13BrN2OS/c14-11-3-4-12(15)13(8-11)18(17)7-5-10-2-1-6-16-9-10/h1-4,6,8-9H,5,7,15H2. The first-order valence-corrected chi connectivity index (χ1v) is 7.60. The van der Waals surface area contributed by atoms with Crippen molar-refractivity contribution in [2.75, 3.05) is 11.5 Å². The van der Waals surface area contributed by atoms with Crippen molar-refractivity contribution in [2.24, 2.45) is 0 Å². The molecule has 0 fully saturated rings. The lowest BCUT2D eigenvalue weighted by atomic mass is 10.2. The Hall–Kier alpha value is -1.20. The summed E-state index contributed by atoms with van der Waals surface area (Å²) in [6.45, 7) is 0. The van der Waals surface area contributed by atoms with Gasteiger partial charge in [0.2, 0.25) is 0 Å². The molecule has 0 saturated heterocycles. The Morgan fingerprint density at radius 3 is 2.89 bits per heavy atom. The first-order valence-electron chi connectivity index (χ1n) is 5.49. The van der Waals surface area contributed by atoms with Crippen LogP contribution in [-0.2, 0) is 17.2 Å². The molecule has 0 bridgehead atoms. The van der Waals surface area contributed by atoms with Gasteiger partial charge in [0.05, 0.1) is 15.7 Å². The Morgan fingerprint density at radius 2 is 2.17 bits per heavy atom. The van der Waals surface area contributed by atoms with Gasteiger partial charge in [-0.15, -0.1) is 0 Å². The molecule has 0 radical (unpaired) electrons. The summed E-state index contributed by atoms with van der Waals surface area (Å²) in [6, 6.07) is 9.29. The van der Waals surface area contributed by atoms with Crippen LogP contribution in [0.15, 0.2) is 52.1 Å². The van der Waals surface area contributed by atoms with Gasteiger partial charge < -0.3 is 5.73 Å². The molecule has 1 atom stereocenters. The number of hydrogen-bond donors (Lipinski definition) is 1. The lowest BCUT2D eigenvalue weighted by molar-refractivity contribution is 0.682. The first-order chi connectivity index (χ1) is 8.66. The molecule has 1 aromatic carbocycles. The van der Waals surface area contributed by atoms with Crippen molar-refractivity contribution in [3.8, 4) is 0 Å². The number of anilines is 1. The Labute approximate surface area is 117 Å². The third kappa shape index (κ3) is 3.40. The van der Waals surface area contributed by atoms with Gasteiger partial charge >= 0.3 is 0 Å². The fraction of sp³-hybridized carbons (Fsp3) is 0.154. The molecule has 94 valence electrons. The fourth-order valence-corrected chi connectivity index (χ4v) is 3.31. The third-order valence-corrected chi connectivity index (χ3v) is 4.43. The fourth-order valence-electron chi connectivity index (χ4n) is 1.57. The van der Waals surface area contributed by atoms with Crippen LogP contribution in [0.3, 0.4) is 0 Å². The van der Waals surface area contributed by atoms with Crippen LogP contribution in [0.4, 0.5) is 5.69 Å². The van der Waals surface area contributed by atoms with Gasteiger partial charge in [-0.1, -0.05) is 22.0 Å². The van der Waals surface area contributed by atoms with Crippen molar-refractivity contribution < 1.29 is 4.21 Å². The molecular weight excluding hydrogens is 312 g/mol. The lowest BCUT2D eigenvalue weighted by Crippen LogP contribution is -2.04. The highest BCUT2D eigenvalue weighted by atomic mass is 79.9. The van der Waals surface area contributed by atoms with E-state index in [4.69, 9.17) is 5.73 Å². The number of aryl methyl sites for hydroxylation is 1. The van der Waals surface area contributed by atoms with Crippen LogP contribution in [0.25, 0.3) is 0 Å². The minimum absolute atomic E-state index is 0.548. The van der Waals surface area contributed by atoms with Crippen molar-refractivity contribution in [2.45, 2.75) is 11.3 Å². The summed E-state index contributed by atoms with van der Waals surface area (Å²) in [5.41, 5.74) is 7.49. The minimum atomic E-state index is -1.09. The van der Waals surface area contributed by atoms with E-state index in [9.17, 15) is 4.21 Å². The summed E-state index contributed by atoms with van der Waals surface area (Å²) in [4.78, 5) is 4.72. The smallest absolute Gasteiger partial charge is 0.0628 e. The second-order valence-corrected chi connectivity index (χ2v) is 6.30. The Kier molecular flexibility index (Phi) is 4.49. The topological polar surface area (TPSA) is 56.0 Å². The molecule has 0 aliphatic carbocycles. The van der Waals surface area contributed by atoms with E-state index in [0.29, 0.717) is 16.3 Å². The molecular formula is C13H13BrN2OS. The van der Waals surface area contributed by atoms with Crippen LogP contribution < -0.4 is 5.73 Å². The number of rotatable bonds is 4. The highest BCUT2D eigenvalue weighted by Crippen LogP contribution is 2.22. The Morgan fingerprint density at radius 1 is 1.33 bits per heavy atom. The molecule has 2 aromatic rings.